The highest BCUT2D eigenvalue weighted by Gasteiger charge is 2.10. The van der Waals surface area contributed by atoms with E-state index in [4.69, 9.17) is 11.6 Å². The Balaban J connectivity index is 1.67. The first kappa shape index (κ1) is 16.8. The number of carbonyl (C=O) groups excluding carboxylic acids is 2. The number of hydrogen-bond acceptors (Lipinski definition) is 2. The number of amides is 1. The van der Waals surface area contributed by atoms with E-state index in [2.05, 4.69) is 11.4 Å². The Morgan fingerprint density at radius 1 is 1.18 bits per heavy atom. The molecule has 4 heteroatoms. The van der Waals surface area contributed by atoms with Crippen LogP contribution in [0.4, 0.5) is 0 Å². The SMILES string of the molecule is O=C(CCC(=O)c1cccc(Cl)c1)NCCC1=CCCCC1. The van der Waals surface area contributed by atoms with Crippen LogP contribution in [0.3, 0.4) is 0 Å². The van der Waals surface area contributed by atoms with E-state index in [1.807, 2.05) is 0 Å². The van der Waals surface area contributed by atoms with Crippen LogP contribution in [0.1, 0.15) is 55.3 Å². The zero-order valence-electron chi connectivity index (χ0n) is 12.7. The molecule has 0 unspecified atom stereocenters. The summed E-state index contributed by atoms with van der Waals surface area (Å²) in [6.45, 7) is 0.663. The van der Waals surface area contributed by atoms with Gasteiger partial charge in [0, 0.05) is 30.0 Å². The molecule has 0 saturated heterocycles. The minimum absolute atomic E-state index is 0.0485. The van der Waals surface area contributed by atoms with E-state index in [0.29, 0.717) is 17.1 Å². The Hall–Kier alpha value is -1.61. The average Bonchev–Trinajstić information content (AvgIpc) is 2.53. The van der Waals surface area contributed by atoms with Crippen molar-refractivity contribution in [1.82, 2.24) is 5.32 Å². The van der Waals surface area contributed by atoms with Gasteiger partial charge in [0.1, 0.15) is 0 Å². The van der Waals surface area contributed by atoms with Crippen molar-refractivity contribution in [2.75, 3.05) is 6.54 Å². The maximum absolute atomic E-state index is 12.0. The van der Waals surface area contributed by atoms with Crippen molar-refractivity contribution >= 4 is 23.3 Å². The van der Waals surface area contributed by atoms with E-state index in [0.717, 1.165) is 19.3 Å². The predicted octanol–water partition coefficient (Wildman–Crippen LogP) is 4.31. The highest BCUT2D eigenvalue weighted by atomic mass is 35.5. The van der Waals surface area contributed by atoms with Crippen molar-refractivity contribution in [3.63, 3.8) is 0 Å². The van der Waals surface area contributed by atoms with Crippen LogP contribution in [-0.4, -0.2) is 18.2 Å². The first-order chi connectivity index (χ1) is 10.6. The normalized spacial score (nSPS) is 14.3. The zero-order valence-corrected chi connectivity index (χ0v) is 13.5. The molecule has 0 saturated carbocycles. The summed E-state index contributed by atoms with van der Waals surface area (Å²) in [6, 6.07) is 6.83. The fraction of sp³-hybridized carbons (Fsp3) is 0.444. The molecule has 1 aliphatic carbocycles. The molecule has 0 aromatic heterocycles. The van der Waals surface area contributed by atoms with Crippen LogP contribution in [0.25, 0.3) is 0 Å². The fourth-order valence-electron chi connectivity index (χ4n) is 2.62. The standard InChI is InChI=1S/C18H22ClNO2/c19-16-8-4-7-15(13-16)17(21)9-10-18(22)20-12-11-14-5-2-1-3-6-14/h4-5,7-8,13H,1-3,6,9-12H2,(H,20,22). The zero-order chi connectivity index (χ0) is 15.8. The lowest BCUT2D eigenvalue weighted by atomic mass is 9.97. The minimum atomic E-state index is -0.0632. The second-order valence-electron chi connectivity index (χ2n) is 5.64. The first-order valence-corrected chi connectivity index (χ1v) is 8.26. The first-order valence-electron chi connectivity index (χ1n) is 7.88. The van der Waals surface area contributed by atoms with E-state index in [1.165, 1.54) is 18.4 Å². The van der Waals surface area contributed by atoms with Crippen LogP contribution < -0.4 is 5.32 Å². The van der Waals surface area contributed by atoms with Gasteiger partial charge in [-0.05, 0) is 44.2 Å². The fourth-order valence-corrected chi connectivity index (χ4v) is 2.81. The molecule has 1 amide bonds. The molecule has 1 aliphatic rings. The molecule has 0 spiro atoms. The van der Waals surface area contributed by atoms with Crippen molar-refractivity contribution in [3.8, 4) is 0 Å². The highest BCUT2D eigenvalue weighted by Crippen LogP contribution is 2.19. The average molecular weight is 320 g/mol. The maximum Gasteiger partial charge on any atom is 0.220 e. The second-order valence-corrected chi connectivity index (χ2v) is 6.08. The van der Waals surface area contributed by atoms with Gasteiger partial charge in [-0.3, -0.25) is 9.59 Å². The number of carbonyl (C=O) groups is 2. The molecule has 118 valence electrons. The molecule has 0 aliphatic heterocycles. The molecule has 3 nitrogen and oxygen atoms in total. The quantitative estimate of drug-likeness (QED) is 0.601. The van der Waals surface area contributed by atoms with Gasteiger partial charge in [0.2, 0.25) is 5.91 Å². The number of halogens is 1. The number of rotatable bonds is 7. The number of benzene rings is 1. The molecule has 1 aromatic carbocycles. The monoisotopic (exact) mass is 319 g/mol. The third kappa shape index (κ3) is 5.64. The lowest BCUT2D eigenvalue weighted by Gasteiger charge is -2.12. The van der Waals surface area contributed by atoms with Crippen LogP contribution in [0.2, 0.25) is 5.02 Å². The molecule has 0 bridgehead atoms. The smallest absolute Gasteiger partial charge is 0.220 e. The van der Waals surface area contributed by atoms with Crippen LogP contribution in [0, 0.1) is 0 Å². The summed E-state index contributed by atoms with van der Waals surface area (Å²) < 4.78 is 0. The minimum Gasteiger partial charge on any atom is -0.356 e. The summed E-state index contributed by atoms with van der Waals surface area (Å²) in [5.41, 5.74) is 2.01. The largest absolute Gasteiger partial charge is 0.356 e. The van der Waals surface area contributed by atoms with Crippen molar-refractivity contribution in [2.24, 2.45) is 0 Å². The Kier molecular flexibility index (Phi) is 6.66. The molecule has 0 heterocycles. The van der Waals surface area contributed by atoms with E-state index in [-0.39, 0.29) is 24.5 Å². The van der Waals surface area contributed by atoms with Crippen molar-refractivity contribution < 1.29 is 9.59 Å². The van der Waals surface area contributed by atoms with Crippen molar-refractivity contribution in [3.05, 3.63) is 46.5 Å². The lowest BCUT2D eigenvalue weighted by molar-refractivity contribution is -0.121. The molecule has 22 heavy (non-hydrogen) atoms. The Labute approximate surface area is 136 Å². The summed E-state index contributed by atoms with van der Waals surface area (Å²) in [4.78, 5) is 23.8. The summed E-state index contributed by atoms with van der Waals surface area (Å²) >= 11 is 5.86. The van der Waals surface area contributed by atoms with Crippen LogP contribution in [0.15, 0.2) is 35.9 Å². The molecule has 0 fully saturated rings. The van der Waals surface area contributed by atoms with Gasteiger partial charge < -0.3 is 5.32 Å². The summed E-state index contributed by atoms with van der Waals surface area (Å²) in [5.74, 6) is -0.112. The summed E-state index contributed by atoms with van der Waals surface area (Å²) in [6.07, 6.45) is 8.52. The van der Waals surface area contributed by atoms with E-state index in [1.54, 1.807) is 24.3 Å². The molecule has 1 aromatic rings. The summed E-state index contributed by atoms with van der Waals surface area (Å²) in [5, 5.41) is 3.43. The maximum atomic E-state index is 12.0. The van der Waals surface area contributed by atoms with Crippen molar-refractivity contribution in [2.45, 2.75) is 44.9 Å². The van der Waals surface area contributed by atoms with E-state index in [9.17, 15) is 9.59 Å². The number of allylic oxidation sites excluding steroid dienone is 1. The van der Waals surface area contributed by atoms with Gasteiger partial charge in [0.25, 0.3) is 0 Å². The van der Waals surface area contributed by atoms with Crippen LogP contribution in [-0.2, 0) is 4.79 Å². The Morgan fingerprint density at radius 2 is 2.05 bits per heavy atom. The molecule has 0 radical (unpaired) electrons. The number of ketones is 1. The third-order valence-electron chi connectivity index (χ3n) is 3.88. The third-order valence-corrected chi connectivity index (χ3v) is 4.11. The van der Waals surface area contributed by atoms with Gasteiger partial charge in [-0.25, -0.2) is 0 Å². The van der Waals surface area contributed by atoms with Gasteiger partial charge in [-0.1, -0.05) is 35.4 Å². The molecular formula is C18H22ClNO2. The van der Waals surface area contributed by atoms with Crippen LogP contribution >= 0.6 is 11.6 Å². The van der Waals surface area contributed by atoms with Gasteiger partial charge in [-0.15, -0.1) is 0 Å². The van der Waals surface area contributed by atoms with Gasteiger partial charge in [-0.2, -0.15) is 0 Å². The van der Waals surface area contributed by atoms with Crippen molar-refractivity contribution in [1.29, 1.82) is 0 Å². The van der Waals surface area contributed by atoms with Gasteiger partial charge >= 0.3 is 0 Å². The van der Waals surface area contributed by atoms with Crippen LogP contribution in [0.5, 0.6) is 0 Å². The highest BCUT2D eigenvalue weighted by molar-refractivity contribution is 6.31. The predicted molar refractivity (Wildman–Crippen MR) is 89.2 cm³/mol. The van der Waals surface area contributed by atoms with Gasteiger partial charge in [0.05, 0.1) is 0 Å². The lowest BCUT2D eigenvalue weighted by Crippen LogP contribution is -2.25. The molecule has 0 atom stereocenters. The topological polar surface area (TPSA) is 46.2 Å². The van der Waals surface area contributed by atoms with Gasteiger partial charge in [0.15, 0.2) is 5.78 Å². The molecule has 2 rings (SSSR count). The number of Topliss-reactive ketones (excluding diaryl/α,β-unsaturated/α-hetero) is 1. The number of nitrogens with one attached hydrogen (secondary N) is 1. The Bertz CT molecular complexity index is 566. The van der Waals surface area contributed by atoms with E-state index < -0.39 is 0 Å². The second kappa shape index (κ2) is 8.74. The molecular weight excluding hydrogens is 298 g/mol. The molecule has 1 N–H and O–H groups in total. The van der Waals surface area contributed by atoms with E-state index >= 15 is 0 Å². The number of hydrogen-bond donors (Lipinski definition) is 1. The summed E-state index contributed by atoms with van der Waals surface area (Å²) in [7, 11) is 0. The Morgan fingerprint density at radius 3 is 2.77 bits per heavy atom.